The molecule has 22 heavy (non-hydrogen) atoms. The number of rotatable bonds is 4. The van der Waals surface area contributed by atoms with Gasteiger partial charge in [-0.2, -0.15) is 0 Å². The Morgan fingerprint density at radius 2 is 1.73 bits per heavy atom. The fraction of sp³-hybridized carbons (Fsp3) is 0.176. The standard InChI is InChI=1S/C17H15ClN2O2/c1-11-8-14(9-12(2)16(11)18)21-10-15-19-20-17(22-15)13-6-4-3-5-7-13/h3-9H,10H2,1-2H3. The van der Waals surface area contributed by atoms with E-state index in [2.05, 4.69) is 10.2 Å². The van der Waals surface area contributed by atoms with E-state index in [4.69, 9.17) is 20.8 Å². The Balaban J connectivity index is 1.71. The van der Waals surface area contributed by atoms with Gasteiger partial charge in [0.25, 0.3) is 5.89 Å². The number of ether oxygens (including phenoxy) is 1. The SMILES string of the molecule is Cc1cc(OCc2nnc(-c3ccccc3)o2)cc(C)c1Cl. The Morgan fingerprint density at radius 3 is 2.41 bits per heavy atom. The second-order valence-electron chi connectivity index (χ2n) is 5.03. The highest BCUT2D eigenvalue weighted by atomic mass is 35.5. The molecule has 0 bridgehead atoms. The van der Waals surface area contributed by atoms with Gasteiger partial charge in [-0.15, -0.1) is 10.2 Å². The summed E-state index contributed by atoms with van der Waals surface area (Å²) in [5.74, 6) is 1.66. The fourth-order valence-electron chi connectivity index (χ4n) is 2.14. The van der Waals surface area contributed by atoms with Crippen molar-refractivity contribution in [3.63, 3.8) is 0 Å². The highest BCUT2D eigenvalue weighted by Crippen LogP contribution is 2.26. The summed E-state index contributed by atoms with van der Waals surface area (Å²) >= 11 is 6.14. The average Bonchev–Trinajstić information content (AvgIpc) is 3.00. The monoisotopic (exact) mass is 314 g/mol. The van der Waals surface area contributed by atoms with Crippen LogP contribution in [0, 0.1) is 13.8 Å². The van der Waals surface area contributed by atoms with Crippen LogP contribution in [0.4, 0.5) is 0 Å². The summed E-state index contributed by atoms with van der Waals surface area (Å²) in [5, 5.41) is 8.79. The van der Waals surface area contributed by atoms with Crippen molar-refractivity contribution in [1.29, 1.82) is 0 Å². The summed E-state index contributed by atoms with van der Waals surface area (Å²) < 4.78 is 11.3. The van der Waals surface area contributed by atoms with Crippen LogP contribution >= 0.6 is 11.6 Å². The minimum Gasteiger partial charge on any atom is -0.484 e. The topological polar surface area (TPSA) is 48.2 Å². The summed E-state index contributed by atoms with van der Waals surface area (Å²) in [5.41, 5.74) is 2.85. The molecule has 0 spiro atoms. The molecule has 4 nitrogen and oxygen atoms in total. The van der Waals surface area contributed by atoms with Crippen LogP contribution in [0.5, 0.6) is 5.75 Å². The number of nitrogens with zero attached hydrogens (tertiary/aromatic N) is 2. The predicted octanol–water partition coefficient (Wildman–Crippen LogP) is 4.59. The molecule has 0 aliphatic carbocycles. The van der Waals surface area contributed by atoms with Crippen molar-refractivity contribution in [3.05, 3.63) is 64.5 Å². The predicted molar refractivity (Wildman–Crippen MR) is 85.0 cm³/mol. The zero-order valence-corrected chi connectivity index (χ0v) is 13.1. The van der Waals surface area contributed by atoms with Gasteiger partial charge in [0.1, 0.15) is 5.75 Å². The third-order valence-electron chi connectivity index (χ3n) is 3.26. The molecule has 0 amide bonds. The molecule has 0 fully saturated rings. The second kappa shape index (κ2) is 6.20. The lowest BCUT2D eigenvalue weighted by molar-refractivity contribution is 0.264. The van der Waals surface area contributed by atoms with Crippen molar-refractivity contribution in [2.45, 2.75) is 20.5 Å². The first-order valence-electron chi connectivity index (χ1n) is 6.91. The minimum atomic E-state index is 0.223. The van der Waals surface area contributed by atoms with Gasteiger partial charge >= 0.3 is 0 Å². The normalized spacial score (nSPS) is 10.7. The Bertz CT molecular complexity index is 761. The largest absolute Gasteiger partial charge is 0.484 e. The maximum absolute atomic E-state index is 6.14. The average molecular weight is 315 g/mol. The van der Waals surface area contributed by atoms with Crippen LogP contribution in [0.2, 0.25) is 5.02 Å². The lowest BCUT2D eigenvalue weighted by atomic mass is 10.1. The van der Waals surface area contributed by atoms with Gasteiger partial charge in [-0.3, -0.25) is 0 Å². The third kappa shape index (κ3) is 3.12. The molecule has 0 saturated carbocycles. The van der Waals surface area contributed by atoms with Gasteiger partial charge in [-0.25, -0.2) is 0 Å². The minimum absolute atomic E-state index is 0.223. The molecular formula is C17H15ClN2O2. The number of hydrogen-bond acceptors (Lipinski definition) is 4. The van der Waals surface area contributed by atoms with Gasteiger partial charge in [-0.1, -0.05) is 29.8 Å². The van der Waals surface area contributed by atoms with Crippen molar-refractivity contribution in [2.75, 3.05) is 0 Å². The molecule has 3 rings (SSSR count). The van der Waals surface area contributed by atoms with E-state index in [-0.39, 0.29) is 6.61 Å². The lowest BCUT2D eigenvalue weighted by Crippen LogP contribution is -1.97. The number of halogens is 1. The van der Waals surface area contributed by atoms with Gasteiger partial charge < -0.3 is 9.15 Å². The summed E-state index contributed by atoms with van der Waals surface area (Å²) in [4.78, 5) is 0. The Hall–Kier alpha value is -2.33. The van der Waals surface area contributed by atoms with Gasteiger partial charge in [0.2, 0.25) is 5.89 Å². The zero-order valence-electron chi connectivity index (χ0n) is 12.3. The molecule has 0 radical (unpaired) electrons. The van der Waals surface area contributed by atoms with Gasteiger partial charge in [0, 0.05) is 10.6 Å². The van der Waals surface area contributed by atoms with Crippen molar-refractivity contribution < 1.29 is 9.15 Å². The molecule has 1 heterocycles. The maximum Gasteiger partial charge on any atom is 0.254 e. The van der Waals surface area contributed by atoms with E-state index in [9.17, 15) is 0 Å². The van der Waals surface area contributed by atoms with Gasteiger partial charge in [0.05, 0.1) is 0 Å². The molecule has 0 aliphatic rings. The number of hydrogen-bond donors (Lipinski definition) is 0. The van der Waals surface area contributed by atoms with Crippen molar-refractivity contribution in [2.24, 2.45) is 0 Å². The fourth-order valence-corrected chi connectivity index (χ4v) is 2.25. The van der Waals surface area contributed by atoms with E-state index in [0.717, 1.165) is 27.5 Å². The molecule has 5 heteroatoms. The highest BCUT2D eigenvalue weighted by Gasteiger charge is 2.09. The van der Waals surface area contributed by atoms with E-state index >= 15 is 0 Å². The smallest absolute Gasteiger partial charge is 0.254 e. The van der Waals surface area contributed by atoms with Crippen molar-refractivity contribution in [1.82, 2.24) is 10.2 Å². The lowest BCUT2D eigenvalue weighted by Gasteiger charge is -2.08. The number of benzene rings is 2. The second-order valence-corrected chi connectivity index (χ2v) is 5.40. The molecular weight excluding hydrogens is 300 g/mol. The molecule has 0 saturated heterocycles. The summed E-state index contributed by atoms with van der Waals surface area (Å²) in [7, 11) is 0. The van der Waals surface area contributed by atoms with E-state index in [1.807, 2.05) is 56.3 Å². The molecule has 3 aromatic rings. The summed E-state index contributed by atoms with van der Waals surface area (Å²) in [6.07, 6.45) is 0. The van der Waals surface area contributed by atoms with Crippen molar-refractivity contribution >= 4 is 11.6 Å². The first-order valence-corrected chi connectivity index (χ1v) is 7.28. The van der Waals surface area contributed by atoms with Crippen LogP contribution in [0.25, 0.3) is 11.5 Å². The molecule has 0 aliphatic heterocycles. The van der Waals surface area contributed by atoms with E-state index in [1.54, 1.807) is 0 Å². The van der Waals surface area contributed by atoms with Crippen LogP contribution < -0.4 is 4.74 Å². The van der Waals surface area contributed by atoms with E-state index in [1.165, 1.54) is 0 Å². The first-order chi connectivity index (χ1) is 10.6. The molecule has 0 unspecified atom stereocenters. The number of aromatic nitrogens is 2. The Morgan fingerprint density at radius 1 is 1.05 bits per heavy atom. The maximum atomic E-state index is 6.14. The van der Waals surface area contributed by atoms with Crippen molar-refractivity contribution in [3.8, 4) is 17.2 Å². The highest BCUT2D eigenvalue weighted by molar-refractivity contribution is 6.32. The molecule has 2 aromatic carbocycles. The summed E-state index contributed by atoms with van der Waals surface area (Å²) in [6, 6.07) is 13.4. The van der Waals surface area contributed by atoms with Crippen LogP contribution in [0.15, 0.2) is 46.9 Å². The summed E-state index contributed by atoms with van der Waals surface area (Å²) in [6.45, 7) is 4.12. The van der Waals surface area contributed by atoms with Crippen LogP contribution in [-0.2, 0) is 6.61 Å². The first kappa shape index (κ1) is 14.6. The molecule has 112 valence electrons. The quantitative estimate of drug-likeness (QED) is 0.707. The van der Waals surface area contributed by atoms with Crippen LogP contribution in [0.3, 0.4) is 0 Å². The Kier molecular flexibility index (Phi) is 4.11. The zero-order chi connectivity index (χ0) is 15.5. The number of aryl methyl sites for hydroxylation is 2. The van der Waals surface area contributed by atoms with Crippen LogP contribution in [-0.4, -0.2) is 10.2 Å². The third-order valence-corrected chi connectivity index (χ3v) is 3.86. The van der Waals surface area contributed by atoms with Gasteiger partial charge in [-0.05, 0) is 49.2 Å². The van der Waals surface area contributed by atoms with E-state index < -0.39 is 0 Å². The Labute approximate surface area is 133 Å². The molecule has 0 atom stereocenters. The van der Waals surface area contributed by atoms with Gasteiger partial charge in [0.15, 0.2) is 6.61 Å². The molecule has 0 N–H and O–H groups in total. The molecule has 1 aromatic heterocycles. The van der Waals surface area contributed by atoms with Crippen LogP contribution in [0.1, 0.15) is 17.0 Å². The van der Waals surface area contributed by atoms with E-state index in [0.29, 0.717) is 11.8 Å².